The minimum Gasteiger partial charge on any atom is -0.489 e. The van der Waals surface area contributed by atoms with E-state index in [1.807, 2.05) is 72.9 Å². The van der Waals surface area contributed by atoms with Crippen LogP contribution in [0.3, 0.4) is 0 Å². The number of quaternary nitrogens is 1. The van der Waals surface area contributed by atoms with Gasteiger partial charge in [0.25, 0.3) is 0 Å². The first kappa shape index (κ1) is 29.3. The first-order valence-electron chi connectivity index (χ1n) is 16.1. The number of benzene rings is 4. The van der Waals surface area contributed by atoms with Gasteiger partial charge in [0.15, 0.2) is 0 Å². The molecule has 5 aromatic rings. The van der Waals surface area contributed by atoms with E-state index in [1.165, 1.54) is 0 Å². The second-order valence-electron chi connectivity index (χ2n) is 12.8. The fraction of sp³-hybridized carbons (Fsp3) is 0.275. The molecule has 8 rings (SSSR count). The predicted molar refractivity (Wildman–Crippen MR) is 179 cm³/mol. The Hall–Kier alpha value is -4.45. The van der Waals surface area contributed by atoms with E-state index in [9.17, 15) is 5.11 Å². The van der Waals surface area contributed by atoms with Gasteiger partial charge < -0.3 is 19.1 Å². The summed E-state index contributed by atoms with van der Waals surface area (Å²) in [4.78, 5) is 4.57. The van der Waals surface area contributed by atoms with Gasteiger partial charge in [-0.15, -0.1) is 6.58 Å². The first-order chi connectivity index (χ1) is 22.1. The molecule has 228 valence electrons. The van der Waals surface area contributed by atoms with Crippen LogP contribution in [-0.4, -0.2) is 33.7 Å². The summed E-state index contributed by atoms with van der Waals surface area (Å²) in [6.07, 6.45) is 5.49. The van der Waals surface area contributed by atoms with Crippen LogP contribution in [0.5, 0.6) is 11.5 Å². The zero-order chi connectivity index (χ0) is 30.6. The highest BCUT2D eigenvalue weighted by molar-refractivity contribution is 5.82. The van der Waals surface area contributed by atoms with Crippen LogP contribution in [-0.2, 0) is 19.8 Å². The molecule has 0 aliphatic carbocycles. The highest BCUT2D eigenvalue weighted by atomic mass is 16.5. The molecule has 0 amide bonds. The van der Waals surface area contributed by atoms with Crippen LogP contribution in [0.2, 0.25) is 0 Å². The van der Waals surface area contributed by atoms with Gasteiger partial charge in [0.05, 0.1) is 18.6 Å². The Morgan fingerprint density at radius 2 is 1.47 bits per heavy atom. The van der Waals surface area contributed by atoms with Crippen LogP contribution in [0.1, 0.15) is 41.2 Å². The molecular weight excluding hydrogens is 556 g/mol. The van der Waals surface area contributed by atoms with Gasteiger partial charge >= 0.3 is 0 Å². The average molecular weight is 598 g/mol. The van der Waals surface area contributed by atoms with Gasteiger partial charge in [-0.3, -0.25) is 4.98 Å². The summed E-state index contributed by atoms with van der Waals surface area (Å²) in [6.45, 7) is 7.97. The summed E-state index contributed by atoms with van der Waals surface area (Å²) in [5.41, 5.74) is 5.29. The molecule has 3 saturated heterocycles. The van der Waals surface area contributed by atoms with E-state index in [0.717, 1.165) is 81.6 Å². The first-order valence-corrected chi connectivity index (χ1v) is 16.1. The zero-order valence-corrected chi connectivity index (χ0v) is 25.7. The van der Waals surface area contributed by atoms with Crippen molar-refractivity contribution in [3.63, 3.8) is 0 Å². The highest BCUT2D eigenvalue weighted by Gasteiger charge is 2.54. The summed E-state index contributed by atoms with van der Waals surface area (Å²) < 4.78 is 13.5. The van der Waals surface area contributed by atoms with Gasteiger partial charge in [0, 0.05) is 42.0 Å². The second-order valence-corrected chi connectivity index (χ2v) is 12.8. The number of para-hydroxylation sites is 1. The standard InChI is InChI=1S/C40H41N2O3/c1-2-32-26-42(20-18-33(32)23-39(42)40(43)37-17-19-41-38-16-10-9-15-36(37)38)25-31-21-34(44-27-29-11-5-3-6-12-29)24-35(22-31)45-28-30-13-7-4-8-14-30/h2-17,19,21-22,24,32-33,39-40,43H,1,18,20,23,25-28H2/q+1/t32-,33-,39-,40+,42+/m0/s1. The predicted octanol–water partition coefficient (Wildman–Crippen LogP) is 8.04. The van der Waals surface area contributed by atoms with Crippen LogP contribution >= 0.6 is 0 Å². The molecule has 3 aliphatic heterocycles. The number of hydrogen-bond acceptors (Lipinski definition) is 4. The van der Waals surface area contributed by atoms with Crippen molar-refractivity contribution in [2.45, 2.75) is 44.7 Å². The third-order valence-electron chi connectivity index (χ3n) is 9.98. The van der Waals surface area contributed by atoms with Crippen LogP contribution in [0.4, 0.5) is 0 Å². The van der Waals surface area contributed by atoms with Crippen LogP contribution in [0, 0.1) is 11.8 Å². The van der Waals surface area contributed by atoms with E-state index in [-0.39, 0.29) is 6.04 Å². The van der Waals surface area contributed by atoms with Crippen molar-refractivity contribution in [2.75, 3.05) is 13.1 Å². The van der Waals surface area contributed by atoms with Crippen molar-refractivity contribution in [3.8, 4) is 11.5 Å². The number of fused-ring (bicyclic) bond motifs is 4. The molecule has 5 atom stereocenters. The molecule has 3 aliphatic rings. The SMILES string of the molecule is C=C[C@H]1C[N@+]2(Cc3cc(OCc4ccccc4)cc(OCc4ccccc4)c3)CC[C@H]1C[C@H]2[C@H](O)c1ccnc2ccccc12. The van der Waals surface area contributed by atoms with Crippen molar-refractivity contribution in [3.05, 3.63) is 150 Å². The largest absolute Gasteiger partial charge is 0.489 e. The number of nitrogens with zero attached hydrogens (tertiary/aromatic N) is 2. The van der Waals surface area contributed by atoms with Gasteiger partial charge in [-0.05, 0) is 46.9 Å². The fourth-order valence-electron chi connectivity index (χ4n) is 7.70. The van der Waals surface area contributed by atoms with E-state index in [0.29, 0.717) is 25.0 Å². The van der Waals surface area contributed by atoms with Gasteiger partial charge in [-0.25, -0.2) is 0 Å². The quantitative estimate of drug-likeness (QED) is 0.124. The molecule has 45 heavy (non-hydrogen) atoms. The molecule has 2 bridgehead atoms. The van der Waals surface area contributed by atoms with Crippen molar-refractivity contribution in [2.24, 2.45) is 11.8 Å². The number of aliphatic hydroxyl groups excluding tert-OH is 1. The third-order valence-corrected chi connectivity index (χ3v) is 9.98. The Balaban J connectivity index is 1.22. The van der Waals surface area contributed by atoms with Crippen LogP contribution in [0.25, 0.3) is 10.9 Å². The normalized spacial score (nSPS) is 23.0. The maximum atomic E-state index is 12.2. The highest BCUT2D eigenvalue weighted by Crippen LogP contribution is 2.48. The van der Waals surface area contributed by atoms with Crippen LogP contribution < -0.4 is 9.47 Å². The number of ether oxygens (including phenoxy) is 2. The number of aromatic nitrogens is 1. The fourth-order valence-corrected chi connectivity index (χ4v) is 7.70. The molecule has 4 heterocycles. The second kappa shape index (κ2) is 12.9. The number of piperidine rings is 3. The van der Waals surface area contributed by atoms with E-state index >= 15 is 0 Å². The Bertz CT molecular complexity index is 1690. The van der Waals surface area contributed by atoms with Gasteiger partial charge in [-0.1, -0.05) is 84.9 Å². The minimum absolute atomic E-state index is 0.0633. The lowest BCUT2D eigenvalue weighted by Crippen LogP contribution is -2.67. The summed E-state index contributed by atoms with van der Waals surface area (Å²) in [6, 6.07) is 37.0. The number of aliphatic hydroxyl groups is 1. The topological polar surface area (TPSA) is 51.6 Å². The third kappa shape index (κ3) is 6.24. The molecule has 1 aromatic heterocycles. The summed E-state index contributed by atoms with van der Waals surface area (Å²) in [7, 11) is 0. The van der Waals surface area contributed by atoms with Crippen molar-refractivity contribution >= 4 is 10.9 Å². The lowest BCUT2D eigenvalue weighted by molar-refractivity contribution is -0.984. The zero-order valence-electron chi connectivity index (χ0n) is 25.7. The van der Waals surface area contributed by atoms with E-state index in [2.05, 4.69) is 60.1 Å². The molecule has 5 nitrogen and oxygen atoms in total. The molecule has 5 heteroatoms. The van der Waals surface area contributed by atoms with E-state index < -0.39 is 6.10 Å². The van der Waals surface area contributed by atoms with Gasteiger partial charge in [0.2, 0.25) is 0 Å². The molecule has 3 fully saturated rings. The Labute approximate surface area is 266 Å². The van der Waals surface area contributed by atoms with E-state index in [1.54, 1.807) is 0 Å². The number of rotatable bonds is 11. The molecule has 4 aromatic carbocycles. The summed E-state index contributed by atoms with van der Waals surface area (Å²) in [5, 5.41) is 13.2. The Morgan fingerprint density at radius 1 is 0.822 bits per heavy atom. The lowest BCUT2D eigenvalue weighted by Gasteiger charge is -2.58. The summed E-state index contributed by atoms with van der Waals surface area (Å²) >= 11 is 0. The molecular formula is C40H41N2O3+. The van der Waals surface area contributed by atoms with Crippen molar-refractivity contribution in [1.29, 1.82) is 0 Å². The van der Waals surface area contributed by atoms with Crippen LogP contribution in [0.15, 0.2) is 128 Å². The Kier molecular flexibility index (Phi) is 8.38. The molecule has 0 radical (unpaired) electrons. The molecule has 0 spiro atoms. The maximum Gasteiger partial charge on any atom is 0.131 e. The van der Waals surface area contributed by atoms with Crippen molar-refractivity contribution in [1.82, 2.24) is 4.98 Å². The average Bonchev–Trinajstić information content (AvgIpc) is 3.10. The molecule has 0 unspecified atom stereocenters. The lowest BCUT2D eigenvalue weighted by atomic mass is 9.71. The van der Waals surface area contributed by atoms with Gasteiger partial charge in [-0.2, -0.15) is 0 Å². The number of hydrogen-bond donors (Lipinski definition) is 1. The maximum absolute atomic E-state index is 12.2. The Morgan fingerprint density at radius 3 is 2.13 bits per heavy atom. The summed E-state index contributed by atoms with van der Waals surface area (Å²) in [5.74, 6) is 2.56. The molecule has 1 N–H and O–H groups in total. The van der Waals surface area contributed by atoms with Crippen molar-refractivity contribution < 1.29 is 19.1 Å². The smallest absolute Gasteiger partial charge is 0.131 e. The number of pyridine rings is 1. The van der Waals surface area contributed by atoms with Gasteiger partial charge in [0.1, 0.15) is 43.4 Å². The minimum atomic E-state index is -0.599. The molecule has 0 saturated carbocycles. The van der Waals surface area contributed by atoms with E-state index in [4.69, 9.17) is 9.47 Å². The monoisotopic (exact) mass is 597 g/mol.